The molecular formula is C42H35IN2S2. The summed E-state index contributed by atoms with van der Waals surface area (Å²) in [6.45, 7) is 3.38. The third-order valence-corrected chi connectivity index (χ3v) is 13.2. The lowest BCUT2D eigenvalue weighted by Crippen LogP contribution is -1.97. The molecule has 0 N–H and O–H groups in total. The molecule has 0 aliphatic carbocycles. The van der Waals surface area contributed by atoms with Crippen molar-refractivity contribution < 1.29 is 0 Å². The average Bonchev–Trinajstić information content (AvgIpc) is 3.86. The summed E-state index contributed by atoms with van der Waals surface area (Å²) < 4.78 is 7.53. The molecule has 2 nitrogen and oxygen atoms in total. The van der Waals surface area contributed by atoms with Crippen molar-refractivity contribution >= 4 is 109 Å². The molecule has 0 amide bonds. The molecule has 0 spiro atoms. The van der Waals surface area contributed by atoms with Gasteiger partial charge in [0.25, 0.3) is 0 Å². The van der Waals surface area contributed by atoms with Crippen LogP contribution in [-0.2, 0) is 6.54 Å². The van der Waals surface area contributed by atoms with E-state index in [1.807, 2.05) is 22.7 Å². The van der Waals surface area contributed by atoms with E-state index in [1.54, 1.807) is 0 Å². The monoisotopic (exact) mass is 758 g/mol. The smallest absolute Gasteiger partial charge is 0.0646 e. The van der Waals surface area contributed by atoms with Gasteiger partial charge >= 0.3 is 0 Å². The van der Waals surface area contributed by atoms with Gasteiger partial charge < -0.3 is 4.57 Å². The second-order valence-electron chi connectivity index (χ2n) is 12.8. The molecule has 4 heterocycles. The van der Waals surface area contributed by atoms with Gasteiger partial charge in [-0.2, -0.15) is 0 Å². The minimum Gasteiger partial charge on any atom is -0.340 e. The van der Waals surface area contributed by atoms with Gasteiger partial charge in [-0.15, -0.1) is 22.7 Å². The highest BCUT2D eigenvalue weighted by atomic mass is 127. The normalized spacial score (nSPS) is 12.2. The van der Waals surface area contributed by atoms with E-state index in [0.717, 1.165) is 6.54 Å². The van der Waals surface area contributed by atoms with Gasteiger partial charge in [0.05, 0.1) is 33.9 Å². The van der Waals surface area contributed by atoms with Crippen molar-refractivity contribution in [2.24, 2.45) is 0 Å². The Hall–Kier alpha value is -3.65. The Kier molecular flexibility index (Phi) is 7.59. The Labute approximate surface area is 296 Å². The molecule has 0 bridgehead atoms. The SMILES string of the molecule is CCCCCCCCn1c2ccccc2c2cc(-c3cc4cc5sc(-c6ccc7c(c6)c6ccccc6n7I)cc5cc4s3)ccc21. The molecule has 0 unspecified atom stereocenters. The number of nitrogens with zero attached hydrogens (tertiary/aromatic N) is 2. The second kappa shape index (κ2) is 12.1. The highest BCUT2D eigenvalue weighted by molar-refractivity contribution is 14.1. The standard InChI is InChI=1S/C42H35IN2S2/c1-2-3-4-5-6-11-20-44-35-14-9-7-12-31(35)33-21-27(16-18-36(33)44)39-23-29-25-42-30(26-41(29)46-39)24-40(47-42)28-17-19-38-34(22-28)32-13-8-10-15-37(32)45(38)43/h7-10,12-19,21-26H,2-6,11,20H2,1H3. The van der Waals surface area contributed by atoms with Crippen LogP contribution in [0.15, 0.2) is 109 Å². The fourth-order valence-corrected chi connectivity index (χ4v) is 10.5. The van der Waals surface area contributed by atoms with Gasteiger partial charge in [-0.3, -0.25) is 2.78 Å². The average molecular weight is 759 g/mol. The first-order chi connectivity index (χ1) is 23.2. The molecule has 0 fully saturated rings. The Balaban J connectivity index is 1.04. The largest absolute Gasteiger partial charge is 0.340 e. The Bertz CT molecular complexity index is 2540. The topological polar surface area (TPSA) is 9.86 Å². The number of hydrogen-bond acceptors (Lipinski definition) is 2. The van der Waals surface area contributed by atoms with Crippen molar-refractivity contribution in [2.75, 3.05) is 0 Å². The van der Waals surface area contributed by atoms with Crippen molar-refractivity contribution in [1.29, 1.82) is 0 Å². The summed E-state index contributed by atoms with van der Waals surface area (Å²) in [4.78, 5) is 2.67. The minimum absolute atomic E-state index is 1.09. The van der Waals surface area contributed by atoms with E-state index in [0.29, 0.717) is 0 Å². The summed E-state index contributed by atoms with van der Waals surface area (Å²) in [6.07, 6.45) is 7.93. The van der Waals surface area contributed by atoms with Crippen molar-refractivity contribution in [3.05, 3.63) is 109 Å². The van der Waals surface area contributed by atoms with Gasteiger partial charge in [-0.05, 0) is 89.0 Å². The van der Waals surface area contributed by atoms with E-state index in [4.69, 9.17) is 0 Å². The number of para-hydroxylation sites is 2. The minimum atomic E-state index is 1.09. The van der Waals surface area contributed by atoms with Gasteiger partial charge in [0.1, 0.15) is 0 Å². The number of aromatic nitrogens is 2. The molecule has 9 rings (SSSR count). The molecule has 9 aromatic rings. The van der Waals surface area contributed by atoms with Crippen LogP contribution in [0.3, 0.4) is 0 Å². The summed E-state index contributed by atoms with van der Waals surface area (Å²) in [5, 5.41) is 8.03. The predicted octanol–water partition coefficient (Wildman–Crippen LogP) is 14.2. The quantitative estimate of drug-likeness (QED) is 0.102. The van der Waals surface area contributed by atoms with Crippen LogP contribution in [0.4, 0.5) is 0 Å². The van der Waals surface area contributed by atoms with E-state index in [-0.39, 0.29) is 0 Å². The van der Waals surface area contributed by atoms with Gasteiger partial charge in [0.15, 0.2) is 0 Å². The molecular weight excluding hydrogens is 724 g/mol. The number of benzene rings is 5. The molecule has 47 heavy (non-hydrogen) atoms. The molecule has 4 aromatic heterocycles. The summed E-state index contributed by atoms with van der Waals surface area (Å²) in [5.41, 5.74) is 7.86. The van der Waals surface area contributed by atoms with Crippen molar-refractivity contribution in [3.63, 3.8) is 0 Å². The van der Waals surface area contributed by atoms with Gasteiger partial charge in [0.2, 0.25) is 0 Å². The molecule has 0 saturated carbocycles. The maximum atomic E-state index is 2.56. The van der Waals surface area contributed by atoms with Gasteiger partial charge in [-0.1, -0.05) is 87.6 Å². The number of fused-ring (bicyclic) bond motifs is 8. The number of aryl methyl sites for hydroxylation is 1. The fourth-order valence-electron chi connectivity index (χ4n) is 7.43. The van der Waals surface area contributed by atoms with E-state index in [2.05, 4.69) is 146 Å². The summed E-state index contributed by atoms with van der Waals surface area (Å²) in [7, 11) is 0. The third kappa shape index (κ3) is 5.09. The van der Waals surface area contributed by atoms with Crippen molar-refractivity contribution in [3.8, 4) is 20.9 Å². The first-order valence-corrected chi connectivity index (χ1v) is 19.4. The molecule has 0 atom stereocenters. The van der Waals surface area contributed by atoms with Gasteiger partial charge in [0, 0.05) is 58.3 Å². The summed E-state index contributed by atoms with van der Waals surface area (Å²) in [6, 6.07) is 41.3. The fraction of sp³-hybridized carbons (Fsp3) is 0.190. The van der Waals surface area contributed by atoms with Crippen LogP contribution >= 0.6 is 45.5 Å². The summed E-state index contributed by atoms with van der Waals surface area (Å²) in [5.74, 6) is 0. The Morgan fingerprint density at radius 1 is 0.511 bits per heavy atom. The lowest BCUT2D eigenvalue weighted by molar-refractivity contribution is 0.571. The maximum Gasteiger partial charge on any atom is 0.0646 e. The molecule has 232 valence electrons. The van der Waals surface area contributed by atoms with Crippen LogP contribution < -0.4 is 0 Å². The molecule has 0 saturated heterocycles. The zero-order valence-electron chi connectivity index (χ0n) is 26.4. The van der Waals surface area contributed by atoms with Crippen LogP contribution in [0.1, 0.15) is 45.4 Å². The highest BCUT2D eigenvalue weighted by Crippen LogP contribution is 2.43. The first-order valence-electron chi connectivity index (χ1n) is 16.8. The number of unbranched alkanes of at least 4 members (excludes halogenated alkanes) is 5. The maximum absolute atomic E-state index is 2.56. The molecule has 5 heteroatoms. The Morgan fingerprint density at radius 2 is 1.02 bits per heavy atom. The van der Waals surface area contributed by atoms with E-state index >= 15 is 0 Å². The van der Waals surface area contributed by atoms with Crippen molar-refractivity contribution in [1.82, 2.24) is 7.35 Å². The van der Waals surface area contributed by atoms with E-state index in [1.165, 1.54) is 123 Å². The Morgan fingerprint density at radius 3 is 1.70 bits per heavy atom. The van der Waals surface area contributed by atoms with Crippen LogP contribution in [0.5, 0.6) is 0 Å². The van der Waals surface area contributed by atoms with Crippen molar-refractivity contribution in [2.45, 2.75) is 52.0 Å². The first kappa shape index (κ1) is 29.5. The number of hydrogen-bond donors (Lipinski definition) is 0. The van der Waals surface area contributed by atoms with Crippen LogP contribution in [0.25, 0.3) is 84.7 Å². The molecule has 0 aliphatic heterocycles. The number of rotatable bonds is 9. The number of halogens is 1. The molecule has 5 aromatic carbocycles. The molecule has 0 aliphatic rings. The highest BCUT2D eigenvalue weighted by Gasteiger charge is 2.15. The lowest BCUT2D eigenvalue weighted by atomic mass is 10.1. The zero-order valence-corrected chi connectivity index (χ0v) is 30.2. The zero-order chi connectivity index (χ0) is 31.5. The second-order valence-corrected chi connectivity index (χ2v) is 16.0. The third-order valence-electron chi connectivity index (χ3n) is 9.85. The van der Waals surface area contributed by atoms with E-state index < -0.39 is 0 Å². The predicted molar refractivity (Wildman–Crippen MR) is 217 cm³/mol. The van der Waals surface area contributed by atoms with Crippen LogP contribution in [-0.4, -0.2) is 7.35 Å². The lowest BCUT2D eigenvalue weighted by Gasteiger charge is -2.08. The summed E-state index contributed by atoms with van der Waals surface area (Å²) >= 11 is 6.24. The van der Waals surface area contributed by atoms with Crippen LogP contribution in [0.2, 0.25) is 0 Å². The van der Waals surface area contributed by atoms with Crippen LogP contribution in [0, 0.1) is 0 Å². The molecule has 0 radical (unpaired) electrons. The van der Waals surface area contributed by atoms with E-state index in [9.17, 15) is 0 Å². The van der Waals surface area contributed by atoms with Gasteiger partial charge in [-0.25, -0.2) is 0 Å². The number of thiophene rings is 2.